The molecule has 0 radical (unpaired) electrons. The lowest BCUT2D eigenvalue weighted by atomic mass is 10.1. The van der Waals surface area contributed by atoms with E-state index in [0.29, 0.717) is 13.0 Å². The second-order valence-corrected chi connectivity index (χ2v) is 3.75. The number of hydrogen-bond donors (Lipinski definition) is 1. The van der Waals surface area contributed by atoms with Gasteiger partial charge in [0.15, 0.2) is 0 Å². The van der Waals surface area contributed by atoms with E-state index in [4.69, 9.17) is 0 Å². The van der Waals surface area contributed by atoms with Gasteiger partial charge in [-0.3, -0.25) is 9.59 Å². The van der Waals surface area contributed by atoms with Gasteiger partial charge in [-0.1, -0.05) is 0 Å². The summed E-state index contributed by atoms with van der Waals surface area (Å²) in [5, 5.41) is 2.66. The molecule has 0 saturated carbocycles. The Bertz CT molecular complexity index is 226. The van der Waals surface area contributed by atoms with Gasteiger partial charge in [-0.25, -0.2) is 0 Å². The minimum atomic E-state index is -0.153. The lowest BCUT2D eigenvalue weighted by Crippen LogP contribution is -2.38. The fourth-order valence-corrected chi connectivity index (χ4v) is 1.32. The molecule has 1 heterocycles. The summed E-state index contributed by atoms with van der Waals surface area (Å²) in [5.41, 5.74) is 0. The average molecular weight is 184 g/mol. The highest BCUT2D eigenvalue weighted by atomic mass is 16.2. The van der Waals surface area contributed by atoms with Crippen molar-refractivity contribution in [3.8, 4) is 0 Å². The van der Waals surface area contributed by atoms with Crippen LogP contribution in [0.5, 0.6) is 0 Å². The zero-order chi connectivity index (χ0) is 10.0. The molecule has 1 aliphatic heterocycles. The second-order valence-electron chi connectivity index (χ2n) is 3.75. The molecule has 1 aliphatic rings. The summed E-state index contributed by atoms with van der Waals surface area (Å²) in [6.07, 6.45) is 0.343. The Hall–Kier alpha value is -1.06. The van der Waals surface area contributed by atoms with Gasteiger partial charge in [0.25, 0.3) is 0 Å². The first-order valence-corrected chi connectivity index (χ1v) is 4.55. The predicted molar refractivity (Wildman–Crippen MR) is 49.0 cm³/mol. The highest BCUT2D eigenvalue weighted by Crippen LogP contribution is 2.13. The number of hydrogen-bond acceptors (Lipinski definition) is 2. The molecule has 0 aliphatic carbocycles. The van der Waals surface area contributed by atoms with Crippen molar-refractivity contribution < 1.29 is 9.59 Å². The van der Waals surface area contributed by atoms with Crippen LogP contribution in [0.25, 0.3) is 0 Å². The summed E-state index contributed by atoms with van der Waals surface area (Å²) in [7, 11) is 1.77. The molecular weight excluding hydrogens is 168 g/mol. The van der Waals surface area contributed by atoms with E-state index in [1.807, 2.05) is 13.8 Å². The molecule has 1 atom stereocenters. The van der Waals surface area contributed by atoms with Gasteiger partial charge in [-0.15, -0.1) is 0 Å². The molecule has 1 saturated heterocycles. The number of nitrogens with one attached hydrogen (secondary N) is 1. The van der Waals surface area contributed by atoms with E-state index in [1.54, 1.807) is 11.9 Å². The van der Waals surface area contributed by atoms with Gasteiger partial charge < -0.3 is 10.2 Å². The summed E-state index contributed by atoms with van der Waals surface area (Å²) in [5.74, 6) is -0.108. The third kappa shape index (κ3) is 2.20. The molecule has 1 unspecified atom stereocenters. The largest absolute Gasteiger partial charge is 0.355 e. The highest BCUT2D eigenvalue weighted by molar-refractivity contribution is 5.89. The van der Waals surface area contributed by atoms with Crippen LogP contribution in [0.15, 0.2) is 0 Å². The molecule has 2 amide bonds. The van der Waals surface area contributed by atoms with E-state index in [9.17, 15) is 9.59 Å². The molecular formula is C9H16N2O2. The van der Waals surface area contributed by atoms with Crippen molar-refractivity contribution in [2.75, 3.05) is 13.6 Å². The van der Waals surface area contributed by atoms with E-state index in [2.05, 4.69) is 5.32 Å². The molecule has 74 valence electrons. The number of carbonyl (C=O) groups excluding carboxylic acids is 2. The first-order chi connectivity index (χ1) is 6.02. The van der Waals surface area contributed by atoms with Crippen molar-refractivity contribution in [1.29, 1.82) is 0 Å². The summed E-state index contributed by atoms with van der Waals surface area (Å²) < 4.78 is 0. The van der Waals surface area contributed by atoms with Crippen LogP contribution < -0.4 is 5.32 Å². The number of carbonyl (C=O) groups is 2. The van der Waals surface area contributed by atoms with Gasteiger partial charge in [-0.05, 0) is 13.8 Å². The van der Waals surface area contributed by atoms with Crippen LogP contribution in [-0.4, -0.2) is 36.3 Å². The van der Waals surface area contributed by atoms with Gasteiger partial charge in [0, 0.05) is 26.1 Å². The van der Waals surface area contributed by atoms with Gasteiger partial charge in [-0.2, -0.15) is 0 Å². The zero-order valence-corrected chi connectivity index (χ0v) is 8.33. The molecule has 13 heavy (non-hydrogen) atoms. The molecule has 4 heteroatoms. The normalized spacial score (nSPS) is 21.8. The van der Waals surface area contributed by atoms with Crippen LogP contribution in [0.1, 0.15) is 20.3 Å². The molecule has 0 aromatic heterocycles. The fraction of sp³-hybridized carbons (Fsp3) is 0.778. The summed E-state index contributed by atoms with van der Waals surface area (Å²) in [6.45, 7) is 4.42. The van der Waals surface area contributed by atoms with Gasteiger partial charge in [0.1, 0.15) is 0 Å². The van der Waals surface area contributed by atoms with E-state index in [0.717, 1.165) is 0 Å². The number of nitrogens with zero attached hydrogens (tertiary/aromatic N) is 1. The quantitative estimate of drug-likeness (QED) is 0.656. The topological polar surface area (TPSA) is 49.4 Å². The molecule has 1 N–H and O–H groups in total. The Morgan fingerprint density at radius 3 is 2.62 bits per heavy atom. The molecule has 1 fully saturated rings. The Kier molecular flexibility index (Phi) is 2.90. The van der Waals surface area contributed by atoms with Gasteiger partial charge in [0.2, 0.25) is 11.8 Å². The molecule has 4 nitrogen and oxygen atoms in total. The maximum atomic E-state index is 11.7. The summed E-state index contributed by atoms with van der Waals surface area (Å²) in [6, 6.07) is 0.197. The van der Waals surface area contributed by atoms with Gasteiger partial charge >= 0.3 is 0 Å². The lowest BCUT2D eigenvalue weighted by Gasteiger charge is -2.23. The van der Waals surface area contributed by atoms with Crippen LogP contribution in [0.2, 0.25) is 0 Å². The van der Waals surface area contributed by atoms with Crippen molar-refractivity contribution in [3.05, 3.63) is 0 Å². The number of amides is 2. The van der Waals surface area contributed by atoms with E-state index in [-0.39, 0.29) is 23.8 Å². The maximum Gasteiger partial charge on any atom is 0.227 e. The SMILES string of the molecule is CC(C)N(C)C(=O)C1CNC(=O)C1. The van der Waals surface area contributed by atoms with Crippen LogP contribution in [0, 0.1) is 5.92 Å². The van der Waals surface area contributed by atoms with Crippen LogP contribution in [0.4, 0.5) is 0 Å². The van der Waals surface area contributed by atoms with E-state index < -0.39 is 0 Å². The molecule has 0 spiro atoms. The first kappa shape index (κ1) is 10.0. The van der Waals surface area contributed by atoms with Crippen molar-refractivity contribution in [2.45, 2.75) is 26.3 Å². The molecule has 0 aromatic carbocycles. The van der Waals surface area contributed by atoms with E-state index >= 15 is 0 Å². The smallest absolute Gasteiger partial charge is 0.227 e. The predicted octanol–water partition coefficient (Wildman–Crippen LogP) is -0.0107. The van der Waals surface area contributed by atoms with E-state index in [1.165, 1.54) is 0 Å². The van der Waals surface area contributed by atoms with Crippen LogP contribution in [-0.2, 0) is 9.59 Å². The van der Waals surface area contributed by atoms with Crippen molar-refractivity contribution in [3.63, 3.8) is 0 Å². The Labute approximate surface area is 78.3 Å². The second kappa shape index (κ2) is 3.77. The van der Waals surface area contributed by atoms with Crippen molar-refractivity contribution in [2.24, 2.45) is 5.92 Å². The molecule has 1 rings (SSSR count). The highest BCUT2D eigenvalue weighted by Gasteiger charge is 2.30. The summed E-state index contributed by atoms with van der Waals surface area (Å²) >= 11 is 0. The average Bonchev–Trinajstić information content (AvgIpc) is 2.49. The van der Waals surface area contributed by atoms with Gasteiger partial charge in [0.05, 0.1) is 5.92 Å². The third-order valence-corrected chi connectivity index (χ3v) is 2.45. The monoisotopic (exact) mass is 184 g/mol. The van der Waals surface area contributed by atoms with Crippen molar-refractivity contribution in [1.82, 2.24) is 10.2 Å². The van der Waals surface area contributed by atoms with Crippen LogP contribution >= 0.6 is 0 Å². The Morgan fingerprint density at radius 1 is 1.62 bits per heavy atom. The summed E-state index contributed by atoms with van der Waals surface area (Å²) in [4.78, 5) is 24.2. The minimum absolute atomic E-state index is 0.0180. The lowest BCUT2D eigenvalue weighted by molar-refractivity contribution is -0.136. The minimum Gasteiger partial charge on any atom is -0.355 e. The fourth-order valence-electron chi connectivity index (χ4n) is 1.32. The standard InChI is InChI=1S/C9H16N2O2/c1-6(2)11(3)9(13)7-4-8(12)10-5-7/h6-7H,4-5H2,1-3H3,(H,10,12). The Balaban J connectivity index is 2.53. The molecule has 0 aromatic rings. The first-order valence-electron chi connectivity index (χ1n) is 4.55. The third-order valence-electron chi connectivity index (χ3n) is 2.45. The maximum absolute atomic E-state index is 11.7. The number of rotatable bonds is 2. The van der Waals surface area contributed by atoms with Crippen LogP contribution in [0.3, 0.4) is 0 Å². The Morgan fingerprint density at radius 2 is 2.23 bits per heavy atom. The molecule has 0 bridgehead atoms. The van der Waals surface area contributed by atoms with Crippen molar-refractivity contribution >= 4 is 11.8 Å². The zero-order valence-electron chi connectivity index (χ0n) is 8.33.